The number of ether oxygens (including phenoxy) is 1. The normalized spacial score (nSPS) is 12.3. The average Bonchev–Trinajstić information content (AvgIpc) is 3.97. The fraction of sp³-hybridized carbons (Fsp3) is 0.263. The predicted octanol–water partition coefficient (Wildman–Crippen LogP) is 5.54. The second-order valence-corrected chi connectivity index (χ2v) is 14.0. The first-order valence-corrected chi connectivity index (χ1v) is 18.2. The molecule has 62 heavy (non-hydrogen) atoms. The number of halogens is 6. The zero-order chi connectivity index (χ0) is 45.0. The molecule has 0 saturated heterocycles. The van der Waals surface area contributed by atoms with E-state index in [-0.39, 0.29) is 75.4 Å². The van der Waals surface area contributed by atoms with Gasteiger partial charge in [-0.15, -0.1) is 0 Å². The number of alkyl halides is 6. The van der Waals surface area contributed by atoms with E-state index in [4.69, 9.17) is 20.6 Å². The Morgan fingerprint density at radius 3 is 1.69 bits per heavy atom. The maximum atomic E-state index is 13.6. The molecular weight excluding hydrogens is 834 g/mol. The van der Waals surface area contributed by atoms with Crippen molar-refractivity contribution in [3.8, 4) is 5.75 Å². The topological polar surface area (TPSA) is 238 Å². The van der Waals surface area contributed by atoms with Crippen LogP contribution in [0.4, 0.5) is 38.2 Å². The van der Waals surface area contributed by atoms with Crippen LogP contribution in [0.1, 0.15) is 58.8 Å². The van der Waals surface area contributed by atoms with Gasteiger partial charge in [0.2, 0.25) is 17.8 Å². The Hall–Kier alpha value is -7.66. The molecule has 0 unspecified atom stereocenters. The van der Waals surface area contributed by atoms with Crippen molar-refractivity contribution in [2.75, 3.05) is 17.7 Å². The summed E-state index contributed by atoms with van der Waals surface area (Å²) in [5.74, 6) is -3.47. The third-order valence-electron chi connectivity index (χ3n) is 9.33. The van der Waals surface area contributed by atoms with Crippen LogP contribution in [0, 0.1) is 20.8 Å². The van der Waals surface area contributed by atoms with Crippen molar-refractivity contribution < 1.29 is 54.7 Å². The van der Waals surface area contributed by atoms with Crippen molar-refractivity contribution in [2.45, 2.75) is 59.3 Å². The quantitative estimate of drug-likeness (QED) is 0.0834. The van der Waals surface area contributed by atoms with E-state index in [1.807, 2.05) is 0 Å². The summed E-state index contributed by atoms with van der Waals surface area (Å²) in [6.45, 7) is 1.15. The number of imidazole rings is 2. The molecule has 0 radical (unpaired) electrons. The highest BCUT2D eigenvalue weighted by atomic mass is 19.4. The van der Waals surface area contributed by atoms with Crippen LogP contribution in [0.25, 0.3) is 33.0 Å². The van der Waals surface area contributed by atoms with Crippen LogP contribution in [-0.4, -0.2) is 81.8 Å². The number of primary amides is 2. The summed E-state index contributed by atoms with van der Waals surface area (Å²) in [6, 6.07) is 7.98. The number of carbonyl (C=O) groups is 4. The first-order chi connectivity index (χ1) is 29.1. The fourth-order valence-electron chi connectivity index (χ4n) is 6.93. The fourth-order valence-corrected chi connectivity index (χ4v) is 6.93. The number of carbonyl (C=O) groups excluding carboxylic acids is 4. The summed E-state index contributed by atoms with van der Waals surface area (Å²) in [7, 11) is 1.31. The number of methoxy groups -OCH3 is 1. The van der Waals surface area contributed by atoms with E-state index in [2.05, 4.69) is 30.8 Å². The Morgan fingerprint density at radius 1 is 0.726 bits per heavy atom. The van der Waals surface area contributed by atoms with Gasteiger partial charge in [-0.3, -0.25) is 39.2 Å². The van der Waals surface area contributed by atoms with Crippen LogP contribution in [-0.2, 0) is 26.2 Å². The number of aromatic nitrogens is 8. The Labute approximate surface area is 344 Å². The highest BCUT2D eigenvalue weighted by molar-refractivity contribution is 6.14. The molecule has 5 aromatic heterocycles. The number of hydrogen-bond acceptors (Lipinski definition) is 10. The third-order valence-corrected chi connectivity index (χ3v) is 9.33. The van der Waals surface area contributed by atoms with Gasteiger partial charge < -0.3 is 29.8 Å². The van der Waals surface area contributed by atoms with E-state index in [9.17, 15) is 45.5 Å². The summed E-state index contributed by atoms with van der Waals surface area (Å²) in [5.41, 5.74) is 11.6. The molecule has 0 aliphatic carbocycles. The molecule has 18 nitrogen and oxygen atoms in total. The highest BCUT2D eigenvalue weighted by Crippen LogP contribution is 2.35. The molecule has 24 heteroatoms. The van der Waals surface area contributed by atoms with Crippen LogP contribution in [0.3, 0.4) is 0 Å². The number of benzene rings is 2. The molecule has 0 bridgehead atoms. The number of hydrogen-bond donors (Lipinski definition) is 4. The maximum Gasteiger partial charge on any atom is 0.408 e. The number of rotatable bonds is 13. The highest BCUT2D eigenvalue weighted by Gasteiger charge is 2.33. The third kappa shape index (κ3) is 8.51. The summed E-state index contributed by atoms with van der Waals surface area (Å²) >= 11 is 0. The first kappa shape index (κ1) is 42.5. The van der Waals surface area contributed by atoms with Gasteiger partial charge in [0.15, 0.2) is 0 Å². The van der Waals surface area contributed by atoms with Crippen molar-refractivity contribution in [3.63, 3.8) is 0 Å². The summed E-state index contributed by atoms with van der Waals surface area (Å²) < 4.78 is 95.7. The maximum absolute atomic E-state index is 13.6. The zero-order valence-electron chi connectivity index (χ0n) is 32.9. The molecule has 6 N–H and O–H groups in total. The molecule has 4 amide bonds. The molecule has 0 aliphatic heterocycles. The van der Waals surface area contributed by atoms with Gasteiger partial charge >= 0.3 is 12.4 Å². The Morgan fingerprint density at radius 2 is 1.23 bits per heavy atom. The van der Waals surface area contributed by atoms with E-state index in [1.54, 1.807) is 25.1 Å². The standard InChI is InChI=1S/C38H34F6N12O6/c1-17-9-25(55(51-17)15-37(39,40)41)33(59)49-35-48-24-14-22(32(46)58)30-21(11-19(3)62-30)28(24)53(35)7-5-6-8-54-29-23(12-20(31(45)57)13-27(29)61-4)47-36(54)50-34(60)26-10-18(2)52-56(26)16-38(42,43)44/h5-6,9-14H,7-8,15-16H2,1-4H3,(H2,45,57)(H2,46,58)(H,47,50,60)(H,48,49,59)/b6-5+. The van der Waals surface area contributed by atoms with E-state index >= 15 is 0 Å². The lowest BCUT2D eigenvalue weighted by Crippen LogP contribution is -2.25. The van der Waals surface area contributed by atoms with Gasteiger partial charge in [0.25, 0.3) is 17.7 Å². The summed E-state index contributed by atoms with van der Waals surface area (Å²) in [6.07, 6.45) is -6.22. The minimum Gasteiger partial charge on any atom is -0.494 e. The minimum atomic E-state index is -4.70. The molecule has 0 spiro atoms. The number of fused-ring (bicyclic) bond motifs is 4. The Balaban J connectivity index is 1.29. The molecule has 0 aliphatic rings. The van der Waals surface area contributed by atoms with Gasteiger partial charge in [0, 0.05) is 24.0 Å². The lowest BCUT2D eigenvalue weighted by Gasteiger charge is -2.13. The average molecular weight is 869 g/mol. The van der Waals surface area contributed by atoms with E-state index in [0.29, 0.717) is 26.0 Å². The molecule has 0 saturated carbocycles. The van der Waals surface area contributed by atoms with Gasteiger partial charge in [-0.1, -0.05) is 12.2 Å². The van der Waals surface area contributed by atoms with Gasteiger partial charge in [-0.05, 0) is 57.2 Å². The first-order valence-electron chi connectivity index (χ1n) is 18.2. The van der Waals surface area contributed by atoms with E-state index < -0.39 is 60.5 Å². The van der Waals surface area contributed by atoms with Crippen molar-refractivity contribution in [1.82, 2.24) is 38.7 Å². The largest absolute Gasteiger partial charge is 0.494 e. The van der Waals surface area contributed by atoms with E-state index in [1.165, 1.54) is 60.4 Å². The number of nitrogens with zero attached hydrogens (tertiary/aromatic N) is 8. The van der Waals surface area contributed by atoms with Crippen molar-refractivity contribution >= 4 is 68.6 Å². The van der Waals surface area contributed by atoms with Gasteiger partial charge in [0.05, 0.1) is 40.6 Å². The van der Waals surface area contributed by atoms with Crippen LogP contribution < -0.4 is 26.8 Å². The second kappa shape index (κ2) is 15.7. The zero-order valence-corrected chi connectivity index (χ0v) is 32.9. The molecule has 7 aromatic rings. The molecule has 0 fully saturated rings. The molecule has 5 heterocycles. The van der Waals surface area contributed by atoms with Crippen LogP contribution in [0.2, 0.25) is 0 Å². The van der Waals surface area contributed by atoms with E-state index in [0.717, 1.165) is 0 Å². The van der Waals surface area contributed by atoms with Crippen LogP contribution in [0.15, 0.2) is 53.0 Å². The second-order valence-electron chi connectivity index (χ2n) is 14.0. The lowest BCUT2D eigenvalue weighted by atomic mass is 10.1. The number of aryl methyl sites for hydroxylation is 3. The number of furan rings is 1. The molecular formula is C38H34F6N12O6. The monoisotopic (exact) mass is 868 g/mol. The molecule has 0 atom stereocenters. The number of allylic oxidation sites excluding steroid dienone is 2. The smallest absolute Gasteiger partial charge is 0.408 e. The SMILES string of the molecule is COc1cc(C(N)=O)cc2nc(NC(=O)c3cc(C)nn3CC(F)(F)F)n(C/C=C/Cn3c(NC(=O)c4cc(C)nn4CC(F)(F)F)nc4cc(C(N)=O)c5oc(C)cc5c43)c12. The lowest BCUT2D eigenvalue weighted by molar-refractivity contribution is -0.143. The number of amides is 4. The van der Waals surface area contributed by atoms with Gasteiger partial charge in [-0.25, -0.2) is 9.97 Å². The summed E-state index contributed by atoms with van der Waals surface area (Å²) in [5, 5.41) is 13.1. The molecule has 324 valence electrons. The van der Waals surface area contributed by atoms with Gasteiger partial charge in [0.1, 0.15) is 47.1 Å². The number of nitrogens with two attached hydrogens (primary N) is 2. The van der Waals surface area contributed by atoms with Crippen LogP contribution in [0.5, 0.6) is 5.75 Å². The Bertz CT molecular complexity index is 2990. The molecule has 2 aromatic carbocycles. The Kier molecular flexibility index (Phi) is 10.8. The van der Waals surface area contributed by atoms with Crippen molar-refractivity contribution in [1.29, 1.82) is 0 Å². The number of anilines is 2. The molecule has 7 rings (SSSR count). The van der Waals surface area contributed by atoms with Gasteiger partial charge in [-0.2, -0.15) is 36.5 Å². The summed E-state index contributed by atoms with van der Waals surface area (Å²) in [4.78, 5) is 60.7. The minimum absolute atomic E-state index is 0.00441. The van der Waals surface area contributed by atoms with Crippen molar-refractivity contribution in [2.24, 2.45) is 11.5 Å². The predicted molar refractivity (Wildman–Crippen MR) is 209 cm³/mol. The van der Waals surface area contributed by atoms with Crippen molar-refractivity contribution in [3.05, 3.63) is 88.2 Å². The van der Waals surface area contributed by atoms with Crippen LogP contribution >= 0.6 is 0 Å². The number of nitrogens with one attached hydrogen (secondary N) is 2.